The minimum absolute atomic E-state index is 0.0370. The van der Waals surface area contributed by atoms with Crippen molar-refractivity contribution in [1.82, 2.24) is 0 Å². The molecule has 0 spiro atoms. The lowest BCUT2D eigenvalue weighted by molar-refractivity contribution is -0.159. The van der Waals surface area contributed by atoms with E-state index in [1.165, 1.54) is 5.57 Å². The Bertz CT molecular complexity index is 596. The van der Waals surface area contributed by atoms with E-state index < -0.39 is 5.60 Å². The first-order valence-electron chi connectivity index (χ1n) is 9.83. The van der Waals surface area contributed by atoms with Gasteiger partial charge in [0.25, 0.3) is 0 Å². The average Bonchev–Trinajstić information content (AvgIpc) is 2.81. The van der Waals surface area contributed by atoms with Crippen LogP contribution in [0, 0.1) is 28.6 Å². The minimum Gasteiger partial charge on any atom is -0.393 e. The van der Waals surface area contributed by atoms with Crippen LogP contribution >= 0.6 is 0 Å². The summed E-state index contributed by atoms with van der Waals surface area (Å²) in [6.45, 7) is 6.16. The van der Waals surface area contributed by atoms with Crippen LogP contribution in [-0.4, -0.2) is 27.7 Å². The fourth-order valence-corrected chi connectivity index (χ4v) is 7.24. The van der Waals surface area contributed by atoms with Crippen molar-refractivity contribution in [2.24, 2.45) is 28.6 Å². The van der Waals surface area contributed by atoms with Gasteiger partial charge >= 0.3 is 0 Å². The zero-order valence-corrected chi connectivity index (χ0v) is 15.3. The van der Waals surface area contributed by atoms with Crippen LogP contribution in [0.2, 0.25) is 0 Å². The Labute approximate surface area is 145 Å². The number of aliphatic hydroxyl groups is 2. The zero-order chi connectivity index (χ0) is 17.3. The lowest BCUT2D eigenvalue weighted by Crippen LogP contribution is -2.56. The first-order valence-corrected chi connectivity index (χ1v) is 9.83. The van der Waals surface area contributed by atoms with Gasteiger partial charge in [-0.1, -0.05) is 25.5 Å². The lowest BCUT2D eigenvalue weighted by Gasteiger charge is -2.58. The number of rotatable bonds is 1. The van der Waals surface area contributed by atoms with Crippen molar-refractivity contribution >= 4 is 5.78 Å². The highest BCUT2D eigenvalue weighted by Gasteiger charge is 2.65. The Balaban J connectivity index is 1.69. The first-order chi connectivity index (χ1) is 11.2. The number of allylic oxidation sites excluding steroid dienone is 1. The predicted molar refractivity (Wildman–Crippen MR) is 93.3 cm³/mol. The molecule has 4 aliphatic rings. The fourth-order valence-electron chi connectivity index (χ4n) is 7.24. The SMILES string of the molecule is CC(=O)[C@]1(O)CC[C@@H]2[C@@H]3CC=C4C[C@H](O)CC[C@]4(C)[C@@H]3CC[C@@]21C. The molecule has 0 unspecified atom stereocenters. The molecule has 0 radical (unpaired) electrons. The molecule has 24 heavy (non-hydrogen) atoms. The van der Waals surface area contributed by atoms with E-state index in [2.05, 4.69) is 19.9 Å². The molecule has 0 bridgehead atoms. The summed E-state index contributed by atoms with van der Waals surface area (Å²) in [4.78, 5) is 12.2. The summed E-state index contributed by atoms with van der Waals surface area (Å²) in [6.07, 6.45) is 9.84. The average molecular weight is 332 g/mol. The van der Waals surface area contributed by atoms with Crippen molar-refractivity contribution in [2.75, 3.05) is 0 Å². The number of ketones is 1. The zero-order valence-electron chi connectivity index (χ0n) is 15.3. The second-order valence-electron chi connectivity index (χ2n) is 9.57. The lowest BCUT2D eigenvalue weighted by atomic mass is 9.47. The van der Waals surface area contributed by atoms with Crippen molar-refractivity contribution in [3.63, 3.8) is 0 Å². The Kier molecular flexibility index (Phi) is 3.61. The largest absolute Gasteiger partial charge is 0.393 e. The molecule has 0 aliphatic heterocycles. The number of carbonyl (C=O) groups is 1. The molecule has 0 amide bonds. The van der Waals surface area contributed by atoms with Gasteiger partial charge in [0, 0.05) is 5.41 Å². The molecule has 3 heteroatoms. The van der Waals surface area contributed by atoms with Gasteiger partial charge in [-0.3, -0.25) is 4.79 Å². The van der Waals surface area contributed by atoms with Crippen LogP contribution in [0.15, 0.2) is 11.6 Å². The van der Waals surface area contributed by atoms with E-state index in [-0.39, 0.29) is 22.7 Å². The summed E-state index contributed by atoms with van der Waals surface area (Å²) < 4.78 is 0. The molecule has 0 aromatic carbocycles. The van der Waals surface area contributed by atoms with Gasteiger partial charge in [-0.15, -0.1) is 0 Å². The summed E-state index contributed by atoms with van der Waals surface area (Å²) in [7, 11) is 0. The molecule has 3 fully saturated rings. The van der Waals surface area contributed by atoms with Gasteiger partial charge in [0.05, 0.1) is 6.10 Å². The van der Waals surface area contributed by atoms with Crippen LogP contribution in [0.5, 0.6) is 0 Å². The van der Waals surface area contributed by atoms with E-state index in [4.69, 9.17) is 0 Å². The van der Waals surface area contributed by atoms with Gasteiger partial charge in [-0.25, -0.2) is 0 Å². The number of hydrogen-bond donors (Lipinski definition) is 2. The third-order valence-electron chi connectivity index (χ3n) is 8.81. The summed E-state index contributed by atoms with van der Waals surface area (Å²) in [5, 5.41) is 21.2. The Morgan fingerprint density at radius 3 is 2.54 bits per heavy atom. The molecule has 2 N–H and O–H groups in total. The number of aliphatic hydroxyl groups excluding tert-OH is 1. The highest BCUT2D eigenvalue weighted by molar-refractivity contribution is 5.86. The fraction of sp³-hybridized carbons (Fsp3) is 0.857. The summed E-state index contributed by atoms with van der Waals surface area (Å²) in [5.41, 5.74) is 0.331. The maximum absolute atomic E-state index is 12.2. The standard InChI is InChI=1S/C21H32O3/c1-13(22)21(24)11-8-18-16-5-4-14-12-15(23)6-9-19(14,2)17(16)7-10-20(18,21)3/h4,15-18,23-24H,5-12H2,1-3H3/t15-,16-,17-,18-,19+,20+,21-/m1/s1. The van der Waals surface area contributed by atoms with Crippen LogP contribution < -0.4 is 0 Å². The molecule has 0 aromatic rings. The quantitative estimate of drug-likeness (QED) is 0.721. The molecular formula is C21H32O3. The van der Waals surface area contributed by atoms with Crippen molar-refractivity contribution in [1.29, 1.82) is 0 Å². The van der Waals surface area contributed by atoms with Crippen LogP contribution in [0.25, 0.3) is 0 Å². The van der Waals surface area contributed by atoms with Crippen LogP contribution in [0.1, 0.15) is 72.1 Å². The molecule has 3 nitrogen and oxygen atoms in total. The maximum Gasteiger partial charge on any atom is 0.161 e. The highest BCUT2D eigenvalue weighted by atomic mass is 16.3. The third kappa shape index (κ3) is 1.94. The van der Waals surface area contributed by atoms with Crippen molar-refractivity contribution in [3.8, 4) is 0 Å². The number of hydrogen-bond acceptors (Lipinski definition) is 3. The van der Waals surface area contributed by atoms with Gasteiger partial charge in [-0.05, 0) is 81.5 Å². The monoisotopic (exact) mass is 332 g/mol. The molecule has 0 aromatic heterocycles. The smallest absolute Gasteiger partial charge is 0.161 e. The number of carbonyl (C=O) groups excluding carboxylic acids is 1. The maximum atomic E-state index is 12.2. The normalized spacial score (nSPS) is 53.6. The van der Waals surface area contributed by atoms with Crippen LogP contribution in [0.4, 0.5) is 0 Å². The minimum atomic E-state index is -1.11. The second kappa shape index (κ2) is 5.17. The molecule has 0 heterocycles. The molecule has 3 saturated carbocycles. The second-order valence-corrected chi connectivity index (χ2v) is 9.57. The van der Waals surface area contributed by atoms with E-state index in [9.17, 15) is 15.0 Å². The predicted octanol–water partition coefficient (Wildman–Crippen LogP) is 3.63. The van der Waals surface area contributed by atoms with Crippen LogP contribution in [0.3, 0.4) is 0 Å². The molecular weight excluding hydrogens is 300 g/mol. The molecule has 134 valence electrons. The van der Waals surface area contributed by atoms with Crippen LogP contribution in [-0.2, 0) is 4.79 Å². The van der Waals surface area contributed by atoms with E-state index in [0.717, 1.165) is 44.9 Å². The van der Waals surface area contributed by atoms with Gasteiger partial charge in [0.2, 0.25) is 0 Å². The van der Waals surface area contributed by atoms with E-state index >= 15 is 0 Å². The van der Waals surface area contributed by atoms with Gasteiger partial charge in [-0.2, -0.15) is 0 Å². The third-order valence-corrected chi connectivity index (χ3v) is 8.81. The topological polar surface area (TPSA) is 57.5 Å². The number of fused-ring (bicyclic) bond motifs is 5. The van der Waals surface area contributed by atoms with E-state index in [1.54, 1.807) is 6.92 Å². The summed E-state index contributed by atoms with van der Waals surface area (Å²) in [5.74, 6) is 1.65. The first kappa shape index (κ1) is 16.8. The van der Waals surface area contributed by atoms with Gasteiger partial charge in [0.15, 0.2) is 5.78 Å². The summed E-state index contributed by atoms with van der Waals surface area (Å²) >= 11 is 0. The Hall–Kier alpha value is -0.670. The Morgan fingerprint density at radius 1 is 1.12 bits per heavy atom. The molecule has 0 saturated heterocycles. The van der Waals surface area contributed by atoms with Crippen molar-refractivity contribution < 1.29 is 15.0 Å². The highest BCUT2D eigenvalue weighted by Crippen LogP contribution is 2.67. The number of Topliss-reactive ketones (excluding diaryl/α,β-unsaturated/α-hetero) is 1. The molecule has 4 aliphatic carbocycles. The van der Waals surface area contributed by atoms with Gasteiger partial charge in [0.1, 0.15) is 5.60 Å². The van der Waals surface area contributed by atoms with E-state index in [0.29, 0.717) is 24.2 Å². The molecule has 4 rings (SSSR count). The molecule has 7 atom stereocenters. The Morgan fingerprint density at radius 2 is 1.83 bits per heavy atom. The van der Waals surface area contributed by atoms with Crippen molar-refractivity contribution in [2.45, 2.75) is 83.8 Å². The summed E-state index contributed by atoms with van der Waals surface area (Å²) in [6, 6.07) is 0. The van der Waals surface area contributed by atoms with Gasteiger partial charge < -0.3 is 10.2 Å². The van der Waals surface area contributed by atoms with Crippen molar-refractivity contribution in [3.05, 3.63) is 11.6 Å². The van der Waals surface area contributed by atoms with E-state index in [1.807, 2.05) is 0 Å².